The highest BCUT2D eigenvalue weighted by molar-refractivity contribution is 5.98. The fraction of sp³-hybridized carbons (Fsp3) is 0.280. The molecule has 3 aromatic rings. The Hall–Kier alpha value is -4.92. The van der Waals surface area contributed by atoms with Crippen LogP contribution in [0.4, 0.5) is 23.1 Å². The maximum absolute atomic E-state index is 12.1. The first-order chi connectivity index (χ1) is 17.8. The molecule has 1 atom stereocenters. The van der Waals surface area contributed by atoms with Gasteiger partial charge in [0.25, 0.3) is 5.91 Å². The van der Waals surface area contributed by atoms with Gasteiger partial charge >= 0.3 is 0 Å². The summed E-state index contributed by atoms with van der Waals surface area (Å²) in [6.07, 6.45) is 7.88. The molecule has 12 nitrogen and oxygen atoms in total. The molecule has 3 heterocycles. The molecule has 0 saturated carbocycles. The second-order valence-corrected chi connectivity index (χ2v) is 8.55. The second-order valence-electron chi connectivity index (χ2n) is 8.55. The molecule has 0 bridgehead atoms. The number of methoxy groups -OCH3 is 1. The number of carbonyl (C=O) groups excluding carboxylic acids is 2. The van der Waals surface area contributed by atoms with Crippen molar-refractivity contribution >= 4 is 35.0 Å². The maximum atomic E-state index is 12.1. The van der Waals surface area contributed by atoms with E-state index in [4.69, 9.17) is 10.5 Å². The third-order valence-electron chi connectivity index (χ3n) is 6.06. The van der Waals surface area contributed by atoms with E-state index in [1.807, 2.05) is 10.9 Å². The molecule has 2 aromatic heterocycles. The Morgan fingerprint density at radius 3 is 2.84 bits per heavy atom. The van der Waals surface area contributed by atoms with Gasteiger partial charge < -0.3 is 26.0 Å². The van der Waals surface area contributed by atoms with Crippen LogP contribution in [0.3, 0.4) is 0 Å². The van der Waals surface area contributed by atoms with Crippen LogP contribution in [0.2, 0.25) is 0 Å². The topological polar surface area (TPSA) is 164 Å². The standard InChI is InChI=1S/C25H27N9O3/c1-4-21(35)33-7-5-6-18(14-33)34-13-17(11-29-34)30-25-28-12-19(23(27)36)24(32-25)31-22-15(2)8-16(10-26)9-20(22)37-3/h4,8-9,11-13,18H,1,5-7,14H2,2-3H3,(H2,27,36)(H2,28,30,31,32)/t18-/m1/s1. The third-order valence-corrected chi connectivity index (χ3v) is 6.06. The van der Waals surface area contributed by atoms with Crippen LogP contribution >= 0.6 is 0 Å². The van der Waals surface area contributed by atoms with Crippen molar-refractivity contribution in [2.45, 2.75) is 25.8 Å². The Kier molecular flexibility index (Phi) is 7.34. The van der Waals surface area contributed by atoms with Crippen LogP contribution in [0.5, 0.6) is 5.75 Å². The number of nitrogens with two attached hydrogens (primary N) is 1. The fourth-order valence-corrected chi connectivity index (χ4v) is 4.21. The van der Waals surface area contributed by atoms with E-state index in [2.05, 4.69) is 38.3 Å². The zero-order valence-corrected chi connectivity index (χ0v) is 20.6. The van der Waals surface area contributed by atoms with Crippen LogP contribution in [0.15, 0.2) is 43.4 Å². The van der Waals surface area contributed by atoms with Crippen LogP contribution in [0.1, 0.15) is 40.4 Å². The van der Waals surface area contributed by atoms with Gasteiger partial charge in [-0.15, -0.1) is 0 Å². The molecule has 2 amide bonds. The van der Waals surface area contributed by atoms with Crippen molar-refractivity contribution in [3.05, 3.63) is 60.1 Å². The number of anilines is 4. The number of rotatable bonds is 8. The number of benzene rings is 1. The summed E-state index contributed by atoms with van der Waals surface area (Å²) in [7, 11) is 1.49. The molecule has 1 aromatic carbocycles. The SMILES string of the molecule is C=CC(=O)N1CCC[C@@H](n2cc(Nc3ncc(C(N)=O)c(Nc4c(C)cc(C#N)cc4OC)n3)cn2)C1. The summed E-state index contributed by atoms with van der Waals surface area (Å²) in [6.45, 7) is 6.62. The Balaban J connectivity index is 1.57. The number of carbonyl (C=O) groups is 2. The summed E-state index contributed by atoms with van der Waals surface area (Å²) in [5.41, 5.74) is 7.97. The molecular weight excluding hydrogens is 474 g/mol. The van der Waals surface area contributed by atoms with Gasteiger partial charge in [0.15, 0.2) is 0 Å². The number of piperidine rings is 1. The van der Waals surface area contributed by atoms with Gasteiger partial charge in [0.2, 0.25) is 11.9 Å². The van der Waals surface area contributed by atoms with Crippen molar-refractivity contribution in [3.8, 4) is 11.8 Å². The molecular formula is C25H27N9O3. The first-order valence-corrected chi connectivity index (χ1v) is 11.6. The number of primary amides is 1. The van der Waals surface area contributed by atoms with Crippen molar-refractivity contribution < 1.29 is 14.3 Å². The van der Waals surface area contributed by atoms with Gasteiger partial charge in [0, 0.05) is 31.5 Å². The quantitative estimate of drug-likeness (QED) is 0.394. The third kappa shape index (κ3) is 5.51. The van der Waals surface area contributed by atoms with E-state index in [9.17, 15) is 14.9 Å². The van der Waals surface area contributed by atoms with E-state index >= 15 is 0 Å². The molecule has 37 heavy (non-hydrogen) atoms. The highest BCUT2D eigenvalue weighted by Gasteiger charge is 2.24. The minimum atomic E-state index is -0.706. The van der Waals surface area contributed by atoms with Gasteiger partial charge in [0.1, 0.15) is 17.1 Å². The number of aromatic nitrogens is 4. The predicted molar refractivity (Wildman–Crippen MR) is 137 cm³/mol. The van der Waals surface area contributed by atoms with Crippen LogP contribution in [-0.4, -0.2) is 56.7 Å². The van der Waals surface area contributed by atoms with Gasteiger partial charge in [0.05, 0.1) is 42.4 Å². The normalized spacial score (nSPS) is 14.9. The Morgan fingerprint density at radius 1 is 1.32 bits per heavy atom. The monoisotopic (exact) mass is 501 g/mol. The molecule has 0 spiro atoms. The van der Waals surface area contributed by atoms with Crippen LogP contribution < -0.4 is 21.1 Å². The summed E-state index contributed by atoms with van der Waals surface area (Å²) in [4.78, 5) is 34.5. The van der Waals surface area contributed by atoms with Gasteiger partial charge in [-0.05, 0) is 37.5 Å². The molecule has 0 unspecified atom stereocenters. The van der Waals surface area contributed by atoms with E-state index in [0.29, 0.717) is 35.8 Å². The zero-order valence-electron chi connectivity index (χ0n) is 20.6. The molecule has 1 aliphatic rings. The molecule has 0 radical (unpaired) electrons. The van der Waals surface area contributed by atoms with Crippen molar-refractivity contribution in [2.24, 2.45) is 5.73 Å². The maximum Gasteiger partial charge on any atom is 0.254 e. The lowest BCUT2D eigenvalue weighted by molar-refractivity contribution is -0.127. The second kappa shape index (κ2) is 10.8. The number of amides is 2. The van der Waals surface area contributed by atoms with Crippen molar-refractivity contribution in [1.82, 2.24) is 24.6 Å². The summed E-state index contributed by atoms with van der Waals surface area (Å²) in [5.74, 6) is 0.00646. The minimum absolute atomic E-state index is 0.0374. The minimum Gasteiger partial charge on any atom is -0.495 e. The largest absolute Gasteiger partial charge is 0.495 e. The van der Waals surface area contributed by atoms with Crippen molar-refractivity contribution in [2.75, 3.05) is 30.8 Å². The summed E-state index contributed by atoms with van der Waals surface area (Å²) in [5, 5.41) is 19.9. The van der Waals surface area contributed by atoms with Gasteiger partial charge in [-0.3, -0.25) is 14.3 Å². The van der Waals surface area contributed by atoms with Crippen molar-refractivity contribution in [3.63, 3.8) is 0 Å². The predicted octanol–water partition coefficient (Wildman–Crippen LogP) is 2.80. The van der Waals surface area contributed by atoms with Gasteiger partial charge in [-0.1, -0.05) is 6.58 Å². The first kappa shape index (κ1) is 25.2. The highest BCUT2D eigenvalue weighted by atomic mass is 16.5. The Morgan fingerprint density at radius 2 is 2.14 bits per heavy atom. The molecule has 1 saturated heterocycles. The highest BCUT2D eigenvalue weighted by Crippen LogP contribution is 2.33. The van der Waals surface area contributed by atoms with Crippen molar-refractivity contribution in [1.29, 1.82) is 5.26 Å². The lowest BCUT2D eigenvalue weighted by Crippen LogP contribution is -2.39. The van der Waals surface area contributed by atoms with Crippen LogP contribution in [-0.2, 0) is 4.79 Å². The first-order valence-electron chi connectivity index (χ1n) is 11.6. The van der Waals surface area contributed by atoms with Gasteiger partial charge in [-0.2, -0.15) is 15.3 Å². The summed E-state index contributed by atoms with van der Waals surface area (Å²) < 4.78 is 7.24. The van der Waals surface area contributed by atoms with E-state index in [-0.39, 0.29) is 29.3 Å². The lowest BCUT2D eigenvalue weighted by Gasteiger charge is -2.32. The number of likely N-dealkylation sites (tertiary alicyclic amines) is 1. The average Bonchev–Trinajstić information content (AvgIpc) is 3.37. The van der Waals surface area contributed by atoms with E-state index < -0.39 is 5.91 Å². The molecule has 190 valence electrons. The summed E-state index contributed by atoms with van der Waals surface area (Å²) in [6, 6.07) is 5.40. The lowest BCUT2D eigenvalue weighted by atomic mass is 10.1. The van der Waals surface area contributed by atoms with Crippen LogP contribution in [0, 0.1) is 18.3 Å². The van der Waals surface area contributed by atoms with Gasteiger partial charge in [-0.25, -0.2) is 4.98 Å². The van der Waals surface area contributed by atoms with Crippen LogP contribution in [0.25, 0.3) is 0 Å². The number of nitriles is 1. The van der Waals surface area contributed by atoms with E-state index in [1.54, 1.807) is 30.2 Å². The average molecular weight is 502 g/mol. The number of aryl methyl sites for hydroxylation is 1. The number of ether oxygens (including phenoxy) is 1. The Bertz CT molecular complexity index is 1390. The number of hydrogen-bond donors (Lipinski definition) is 3. The molecule has 0 aliphatic carbocycles. The molecule has 12 heteroatoms. The molecule has 1 fully saturated rings. The number of nitrogens with zero attached hydrogens (tertiary/aromatic N) is 6. The molecule has 1 aliphatic heterocycles. The van der Waals surface area contributed by atoms with E-state index in [0.717, 1.165) is 18.4 Å². The molecule has 4 N–H and O–H groups in total. The fourth-order valence-electron chi connectivity index (χ4n) is 4.21. The zero-order chi connectivity index (χ0) is 26.5. The number of nitrogens with one attached hydrogen (secondary N) is 2. The smallest absolute Gasteiger partial charge is 0.254 e. The molecule has 4 rings (SSSR count). The number of hydrogen-bond acceptors (Lipinski definition) is 9. The summed E-state index contributed by atoms with van der Waals surface area (Å²) >= 11 is 0. The van der Waals surface area contributed by atoms with E-state index in [1.165, 1.54) is 19.4 Å². The Labute approximate surface area is 213 Å².